The van der Waals surface area contributed by atoms with Gasteiger partial charge in [-0.15, -0.1) is 0 Å². The molecule has 7 nitrogen and oxygen atoms in total. The number of aromatic nitrogens is 2. The molecule has 27 heavy (non-hydrogen) atoms. The highest BCUT2D eigenvalue weighted by Gasteiger charge is 2.11. The quantitative estimate of drug-likeness (QED) is 0.502. The van der Waals surface area contributed by atoms with Gasteiger partial charge in [0.2, 0.25) is 0 Å². The number of hydrogen-bond acceptors (Lipinski definition) is 5. The number of halogens is 1. The lowest BCUT2D eigenvalue weighted by atomic mass is 10.1. The summed E-state index contributed by atoms with van der Waals surface area (Å²) < 4.78 is 10.4. The molecule has 0 saturated heterocycles. The van der Waals surface area contributed by atoms with Crippen LogP contribution in [0.25, 0.3) is 11.3 Å². The predicted octanol–water partition coefficient (Wildman–Crippen LogP) is 3.51. The number of hydrogen-bond donors (Lipinski definition) is 2. The fourth-order valence-corrected chi connectivity index (χ4v) is 2.73. The van der Waals surface area contributed by atoms with E-state index in [9.17, 15) is 4.79 Å². The van der Waals surface area contributed by atoms with Crippen LogP contribution in [0.3, 0.4) is 0 Å². The fraction of sp³-hybridized carbons (Fsp3) is 0.105. The highest BCUT2D eigenvalue weighted by atomic mass is 35.5. The normalized spacial score (nSPS) is 10.8. The smallest absolute Gasteiger partial charge is 0.289 e. The minimum atomic E-state index is -0.410. The lowest BCUT2D eigenvalue weighted by Crippen LogP contribution is -2.18. The predicted molar refractivity (Wildman–Crippen MR) is 104 cm³/mol. The molecular formula is C19H17ClN4O3. The van der Waals surface area contributed by atoms with Crippen LogP contribution in [-0.4, -0.2) is 36.5 Å². The largest absolute Gasteiger partial charge is 0.493 e. The van der Waals surface area contributed by atoms with E-state index >= 15 is 0 Å². The summed E-state index contributed by atoms with van der Waals surface area (Å²) in [6.45, 7) is 0. The molecule has 1 amide bonds. The molecule has 0 spiro atoms. The molecular weight excluding hydrogens is 368 g/mol. The molecule has 3 rings (SSSR count). The summed E-state index contributed by atoms with van der Waals surface area (Å²) in [5.41, 5.74) is 4.98. The number of nitrogens with zero attached hydrogens (tertiary/aromatic N) is 2. The number of rotatable bonds is 6. The van der Waals surface area contributed by atoms with Crippen molar-refractivity contribution in [3.05, 3.63) is 64.8 Å². The van der Waals surface area contributed by atoms with E-state index in [1.807, 2.05) is 30.3 Å². The van der Waals surface area contributed by atoms with Gasteiger partial charge in [-0.2, -0.15) is 10.2 Å². The average molecular weight is 385 g/mol. The Morgan fingerprint density at radius 2 is 1.96 bits per heavy atom. The van der Waals surface area contributed by atoms with E-state index in [2.05, 4.69) is 20.7 Å². The number of hydrazone groups is 1. The van der Waals surface area contributed by atoms with Gasteiger partial charge in [0.25, 0.3) is 5.91 Å². The van der Waals surface area contributed by atoms with Crippen molar-refractivity contribution in [1.82, 2.24) is 15.6 Å². The molecule has 0 saturated carbocycles. The third-order valence-electron chi connectivity index (χ3n) is 3.73. The molecule has 0 radical (unpaired) electrons. The van der Waals surface area contributed by atoms with Crippen molar-refractivity contribution in [3.8, 4) is 22.8 Å². The van der Waals surface area contributed by atoms with Gasteiger partial charge in [0.15, 0.2) is 11.5 Å². The number of amides is 1. The molecule has 0 bridgehead atoms. The Bertz CT molecular complexity index is 970. The molecule has 138 valence electrons. The van der Waals surface area contributed by atoms with E-state index in [1.54, 1.807) is 18.2 Å². The van der Waals surface area contributed by atoms with Crippen LogP contribution in [-0.2, 0) is 0 Å². The van der Waals surface area contributed by atoms with Gasteiger partial charge in [0.05, 0.1) is 31.2 Å². The Morgan fingerprint density at radius 3 is 2.67 bits per heavy atom. The van der Waals surface area contributed by atoms with E-state index in [4.69, 9.17) is 21.1 Å². The molecule has 0 aliphatic carbocycles. The SMILES string of the molecule is COc1cc(/C=N\NC(=O)c2cc(-c3ccccc3)n[nH]2)cc(Cl)c1OC. The summed E-state index contributed by atoms with van der Waals surface area (Å²) in [5, 5.41) is 11.2. The topological polar surface area (TPSA) is 88.6 Å². The van der Waals surface area contributed by atoms with Gasteiger partial charge < -0.3 is 9.47 Å². The first-order valence-electron chi connectivity index (χ1n) is 7.98. The molecule has 0 aliphatic heterocycles. The molecule has 0 unspecified atom stereocenters. The molecule has 0 aliphatic rings. The molecule has 1 heterocycles. The van der Waals surface area contributed by atoms with E-state index in [0.717, 1.165) is 5.56 Å². The van der Waals surface area contributed by atoms with Crippen LogP contribution in [0.1, 0.15) is 16.1 Å². The van der Waals surface area contributed by atoms with Crippen molar-refractivity contribution >= 4 is 23.7 Å². The molecule has 3 aromatic rings. The third-order valence-corrected chi connectivity index (χ3v) is 4.01. The molecule has 2 N–H and O–H groups in total. The summed E-state index contributed by atoms with van der Waals surface area (Å²) in [7, 11) is 3.02. The van der Waals surface area contributed by atoms with E-state index in [-0.39, 0.29) is 0 Å². The number of carbonyl (C=O) groups excluding carboxylic acids is 1. The number of methoxy groups -OCH3 is 2. The first kappa shape index (κ1) is 18.5. The van der Waals surface area contributed by atoms with Crippen molar-refractivity contribution in [2.45, 2.75) is 0 Å². The Kier molecular flexibility index (Phi) is 5.73. The zero-order chi connectivity index (χ0) is 19.2. The molecule has 2 aromatic carbocycles. The highest BCUT2D eigenvalue weighted by molar-refractivity contribution is 6.32. The van der Waals surface area contributed by atoms with Gasteiger partial charge in [-0.3, -0.25) is 9.89 Å². The fourth-order valence-electron chi connectivity index (χ4n) is 2.43. The number of aromatic amines is 1. The summed E-state index contributed by atoms with van der Waals surface area (Å²) in [5.74, 6) is 0.498. The first-order chi connectivity index (χ1) is 13.1. The van der Waals surface area contributed by atoms with E-state index in [0.29, 0.717) is 33.5 Å². The molecule has 0 fully saturated rings. The minimum Gasteiger partial charge on any atom is -0.493 e. The zero-order valence-electron chi connectivity index (χ0n) is 14.7. The van der Waals surface area contributed by atoms with Crippen molar-refractivity contribution in [2.24, 2.45) is 5.10 Å². The summed E-state index contributed by atoms with van der Waals surface area (Å²) in [4.78, 5) is 12.2. The van der Waals surface area contributed by atoms with E-state index < -0.39 is 5.91 Å². The lowest BCUT2D eigenvalue weighted by Gasteiger charge is -2.09. The minimum absolute atomic E-state index is 0.302. The number of nitrogens with one attached hydrogen (secondary N) is 2. The van der Waals surface area contributed by atoms with Crippen molar-refractivity contribution in [1.29, 1.82) is 0 Å². The molecule has 0 atom stereocenters. The maximum atomic E-state index is 12.2. The van der Waals surface area contributed by atoms with Crippen LogP contribution in [0.5, 0.6) is 11.5 Å². The second-order valence-corrected chi connectivity index (χ2v) is 5.88. The first-order valence-corrected chi connectivity index (χ1v) is 8.36. The van der Waals surface area contributed by atoms with Crippen molar-refractivity contribution in [2.75, 3.05) is 14.2 Å². The van der Waals surface area contributed by atoms with E-state index in [1.165, 1.54) is 20.4 Å². The molecule has 1 aromatic heterocycles. The zero-order valence-corrected chi connectivity index (χ0v) is 15.4. The van der Waals surface area contributed by atoms with Gasteiger partial charge in [-0.1, -0.05) is 41.9 Å². The van der Waals surface area contributed by atoms with Gasteiger partial charge in [-0.25, -0.2) is 5.43 Å². The van der Waals surface area contributed by atoms with Crippen LogP contribution in [0.15, 0.2) is 53.6 Å². The second-order valence-electron chi connectivity index (χ2n) is 5.47. The second kappa shape index (κ2) is 8.37. The Labute approximate surface area is 161 Å². The molecule has 8 heteroatoms. The van der Waals surface area contributed by atoms with Crippen LogP contribution < -0.4 is 14.9 Å². The summed E-state index contributed by atoms with van der Waals surface area (Å²) >= 11 is 6.14. The van der Waals surface area contributed by atoms with Gasteiger partial charge in [0, 0.05) is 5.56 Å². The van der Waals surface area contributed by atoms with Gasteiger partial charge in [-0.05, 0) is 23.8 Å². The number of H-pyrrole nitrogens is 1. The van der Waals surface area contributed by atoms with Gasteiger partial charge in [0.1, 0.15) is 5.69 Å². The third kappa shape index (κ3) is 4.27. The maximum absolute atomic E-state index is 12.2. The standard InChI is InChI=1S/C19H17ClN4O3/c1-26-17-9-12(8-14(20)18(17)27-2)11-21-24-19(25)16-10-15(22-23-16)13-6-4-3-5-7-13/h3-11H,1-2H3,(H,22,23)(H,24,25)/b21-11-. The van der Waals surface area contributed by atoms with Crippen LogP contribution in [0, 0.1) is 0 Å². The van der Waals surface area contributed by atoms with Crippen LogP contribution >= 0.6 is 11.6 Å². The average Bonchev–Trinajstić information content (AvgIpc) is 3.18. The van der Waals surface area contributed by atoms with Crippen molar-refractivity contribution < 1.29 is 14.3 Å². The Hall–Kier alpha value is -3.32. The lowest BCUT2D eigenvalue weighted by molar-refractivity contribution is 0.0950. The number of carbonyl (C=O) groups is 1. The monoisotopic (exact) mass is 384 g/mol. The Balaban J connectivity index is 1.69. The highest BCUT2D eigenvalue weighted by Crippen LogP contribution is 2.35. The van der Waals surface area contributed by atoms with Gasteiger partial charge >= 0.3 is 0 Å². The Morgan fingerprint density at radius 1 is 1.19 bits per heavy atom. The number of ether oxygens (including phenoxy) is 2. The van der Waals surface area contributed by atoms with Crippen LogP contribution in [0.4, 0.5) is 0 Å². The summed E-state index contributed by atoms with van der Waals surface area (Å²) in [6, 6.07) is 14.6. The van der Waals surface area contributed by atoms with Crippen LogP contribution in [0.2, 0.25) is 5.02 Å². The van der Waals surface area contributed by atoms with Crippen molar-refractivity contribution in [3.63, 3.8) is 0 Å². The maximum Gasteiger partial charge on any atom is 0.289 e. The number of benzene rings is 2. The summed E-state index contributed by atoms with van der Waals surface area (Å²) in [6.07, 6.45) is 1.46.